The van der Waals surface area contributed by atoms with Gasteiger partial charge in [0.25, 0.3) is 0 Å². The first-order valence-corrected chi connectivity index (χ1v) is 14.1. The summed E-state index contributed by atoms with van der Waals surface area (Å²) >= 11 is 0. The molecule has 10 nitrogen and oxygen atoms in total. The van der Waals surface area contributed by atoms with Gasteiger partial charge in [0.15, 0.2) is 0 Å². The van der Waals surface area contributed by atoms with E-state index in [9.17, 15) is 24.3 Å². The van der Waals surface area contributed by atoms with Crippen LogP contribution in [-0.2, 0) is 42.9 Å². The maximum atomic E-state index is 14.3. The highest BCUT2D eigenvalue weighted by molar-refractivity contribution is 5.90. The summed E-state index contributed by atoms with van der Waals surface area (Å²) in [6, 6.07) is 0. The van der Waals surface area contributed by atoms with Crippen LogP contribution >= 0.6 is 0 Å². The zero-order chi connectivity index (χ0) is 29.6. The second-order valence-corrected chi connectivity index (χ2v) is 14.2. The van der Waals surface area contributed by atoms with Crippen molar-refractivity contribution in [3.8, 4) is 0 Å². The summed E-state index contributed by atoms with van der Waals surface area (Å²) < 4.78 is 30.0. The number of rotatable bonds is 3. The Morgan fingerprint density at radius 2 is 1.65 bits per heavy atom. The van der Waals surface area contributed by atoms with Crippen molar-refractivity contribution >= 4 is 23.9 Å². The zero-order valence-corrected chi connectivity index (χ0v) is 24.7. The van der Waals surface area contributed by atoms with Gasteiger partial charge in [-0.1, -0.05) is 33.8 Å². The minimum atomic E-state index is -1.64. The van der Waals surface area contributed by atoms with Crippen LogP contribution in [0.3, 0.4) is 0 Å². The number of carbonyl (C=O) groups is 4. The summed E-state index contributed by atoms with van der Waals surface area (Å²) in [4.78, 5) is 52.7. The molecule has 1 N–H and O–H groups in total. The van der Waals surface area contributed by atoms with Crippen LogP contribution in [0.4, 0.5) is 0 Å². The Hall–Kier alpha value is -2.46. The molecule has 0 radical (unpaired) electrons. The molecule has 6 aliphatic rings. The molecule has 220 valence electrons. The molecule has 0 aromatic carbocycles. The van der Waals surface area contributed by atoms with Gasteiger partial charge in [0.05, 0.1) is 23.5 Å². The van der Waals surface area contributed by atoms with Crippen LogP contribution in [0.25, 0.3) is 0 Å². The summed E-state index contributed by atoms with van der Waals surface area (Å²) in [6.45, 7) is 13.9. The van der Waals surface area contributed by atoms with E-state index in [0.717, 1.165) is 0 Å². The number of aliphatic hydroxyl groups excluding tert-OH is 1. The molecule has 3 saturated carbocycles. The first kappa shape index (κ1) is 27.7. The fraction of sp³-hybridized carbons (Fsp3) is 0.800. The number of fused-ring (bicyclic) bond motifs is 3. The number of hydrogen-bond donors (Lipinski definition) is 1. The monoisotopic (exact) mass is 560 g/mol. The van der Waals surface area contributed by atoms with Gasteiger partial charge in [0.2, 0.25) is 0 Å². The molecule has 6 rings (SSSR count). The largest absolute Gasteiger partial charge is 0.468 e. The van der Waals surface area contributed by atoms with Gasteiger partial charge in [-0.25, -0.2) is 0 Å². The molecular weight excluding hydrogens is 520 g/mol. The molecule has 4 aliphatic carbocycles. The van der Waals surface area contributed by atoms with Gasteiger partial charge in [-0.15, -0.1) is 0 Å². The Morgan fingerprint density at radius 3 is 2.23 bits per heavy atom. The molecule has 10 heteroatoms. The third-order valence-corrected chi connectivity index (χ3v) is 12.3. The lowest BCUT2D eigenvalue weighted by atomic mass is 9.34. The predicted octanol–water partition coefficient (Wildman–Crippen LogP) is 2.64. The minimum Gasteiger partial charge on any atom is -0.468 e. The zero-order valence-electron chi connectivity index (χ0n) is 24.7. The number of ether oxygens (including phenoxy) is 5. The van der Waals surface area contributed by atoms with E-state index in [1.54, 1.807) is 6.92 Å². The van der Waals surface area contributed by atoms with Crippen molar-refractivity contribution in [3.05, 3.63) is 11.6 Å². The Labute approximate surface area is 234 Å². The Kier molecular flexibility index (Phi) is 5.18. The van der Waals surface area contributed by atoms with Crippen molar-refractivity contribution in [2.24, 2.45) is 33.0 Å². The third-order valence-electron chi connectivity index (χ3n) is 12.3. The topological polar surface area (TPSA) is 135 Å². The molecule has 0 aromatic heterocycles. The summed E-state index contributed by atoms with van der Waals surface area (Å²) in [7, 11) is 1.29. The minimum absolute atomic E-state index is 0.230. The number of carbonyl (C=O) groups excluding carboxylic acids is 4. The van der Waals surface area contributed by atoms with Crippen LogP contribution in [-0.4, -0.2) is 71.7 Å². The average Bonchev–Trinajstić information content (AvgIpc) is 3.24. The number of aliphatic hydroxyl groups is 1. The van der Waals surface area contributed by atoms with Crippen LogP contribution in [0.2, 0.25) is 0 Å². The molecule has 2 saturated heterocycles. The number of esters is 4. The molecule has 4 bridgehead atoms. The lowest BCUT2D eigenvalue weighted by Gasteiger charge is -2.69. The van der Waals surface area contributed by atoms with Crippen LogP contribution in [0, 0.1) is 33.0 Å². The van der Waals surface area contributed by atoms with E-state index in [-0.39, 0.29) is 24.3 Å². The van der Waals surface area contributed by atoms with E-state index in [1.807, 2.05) is 40.7 Å². The molecule has 2 aliphatic heterocycles. The SMILES string of the molecule is COC(=O)C12C(O)C3(C)OC(C)(C=C4C56CCC(OC(C)=O)C(C)(C)C5C(CC41C)OC6=O)C2(C)C3OC(C)=O. The van der Waals surface area contributed by atoms with E-state index >= 15 is 0 Å². The Balaban J connectivity index is 1.65. The highest BCUT2D eigenvalue weighted by atomic mass is 16.6. The maximum absolute atomic E-state index is 14.3. The van der Waals surface area contributed by atoms with Gasteiger partial charge in [-0.3, -0.25) is 19.2 Å². The van der Waals surface area contributed by atoms with Crippen LogP contribution in [0.1, 0.15) is 74.7 Å². The standard InChI is InChI=1S/C30H40O10/c1-14(31)37-18-10-11-29-17-13-26(6)28(8)21(38-15(2)32)27(7,40-26)20(33)30(28,23(35)36-9)25(17,5)12-16(39-22(29)34)19(29)24(18,3)4/h13,16,18-21,33H,10-12H2,1-9H3. The second-order valence-electron chi connectivity index (χ2n) is 14.2. The van der Waals surface area contributed by atoms with E-state index in [4.69, 9.17) is 23.7 Å². The summed E-state index contributed by atoms with van der Waals surface area (Å²) in [5, 5.41) is 12.3. The van der Waals surface area contributed by atoms with Crippen molar-refractivity contribution in [2.75, 3.05) is 7.11 Å². The molecule has 11 atom stereocenters. The highest BCUT2D eigenvalue weighted by Gasteiger charge is 2.94. The summed E-state index contributed by atoms with van der Waals surface area (Å²) in [5.74, 6) is -2.29. The van der Waals surface area contributed by atoms with Crippen LogP contribution in [0.15, 0.2) is 11.6 Å². The normalized spacial score (nSPS) is 52.6. The van der Waals surface area contributed by atoms with Crippen molar-refractivity contribution in [1.82, 2.24) is 0 Å². The van der Waals surface area contributed by atoms with Crippen molar-refractivity contribution in [3.63, 3.8) is 0 Å². The third kappa shape index (κ3) is 2.49. The second kappa shape index (κ2) is 7.48. The van der Waals surface area contributed by atoms with Crippen molar-refractivity contribution in [2.45, 2.75) is 110 Å². The number of methoxy groups -OCH3 is 1. The summed E-state index contributed by atoms with van der Waals surface area (Å²) in [5.41, 5.74) is -7.71. The molecule has 2 heterocycles. The quantitative estimate of drug-likeness (QED) is 0.312. The van der Waals surface area contributed by atoms with Gasteiger partial charge in [0.1, 0.15) is 35.4 Å². The fourth-order valence-corrected chi connectivity index (χ4v) is 11.1. The van der Waals surface area contributed by atoms with Gasteiger partial charge >= 0.3 is 23.9 Å². The van der Waals surface area contributed by atoms with E-state index in [2.05, 4.69) is 0 Å². The summed E-state index contributed by atoms with van der Waals surface area (Å²) in [6.07, 6.45) is -0.450. The van der Waals surface area contributed by atoms with Gasteiger partial charge in [0, 0.05) is 30.6 Å². The predicted molar refractivity (Wildman–Crippen MR) is 137 cm³/mol. The van der Waals surface area contributed by atoms with E-state index < -0.39 is 74.6 Å². The Morgan fingerprint density at radius 1 is 1.02 bits per heavy atom. The highest BCUT2D eigenvalue weighted by Crippen LogP contribution is 2.84. The lowest BCUT2D eigenvalue weighted by molar-refractivity contribution is -0.280. The van der Waals surface area contributed by atoms with Crippen LogP contribution in [0.5, 0.6) is 0 Å². The van der Waals surface area contributed by atoms with Crippen molar-refractivity contribution in [1.29, 1.82) is 0 Å². The van der Waals surface area contributed by atoms with Crippen molar-refractivity contribution < 1.29 is 48.0 Å². The molecule has 5 fully saturated rings. The van der Waals surface area contributed by atoms with Gasteiger partial charge < -0.3 is 28.8 Å². The van der Waals surface area contributed by atoms with Crippen LogP contribution < -0.4 is 0 Å². The molecule has 0 spiro atoms. The maximum Gasteiger partial charge on any atom is 0.316 e. The van der Waals surface area contributed by atoms with Gasteiger partial charge in [-0.05, 0) is 38.7 Å². The lowest BCUT2D eigenvalue weighted by Crippen LogP contribution is -2.76. The molecule has 40 heavy (non-hydrogen) atoms. The first-order chi connectivity index (χ1) is 18.4. The molecule has 0 aromatic rings. The average molecular weight is 561 g/mol. The molecule has 0 amide bonds. The molecular formula is C30H40O10. The fourth-order valence-electron chi connectivity index (χ4n) is 11.1. The number of hydrogen-bond acceptors (Lipinski definition) is 10. The molecule has 11 unspecified atom stereocenters. The smallest absolute Gasteiger partial charge is 0.316 e. The first-order valence-electron chi connectivity index (χ1n) is 14.1. The van der Waals surface area contributed by atoms with E-state index in [1.165, 1.54) is 21.0 Å². The van der Waals surface area contributed by atoms with Gasteiger partial charge in [-0.2, -0.15) is 0 Å². The van der Waals surface area contributed by atoms with E-state index in [0.29, 0.717) is 18.4 Å². The Bertz CT molecular complexity index is 1290.